The van der Waals surface area contributed by atoms with Gasteiger partial charge < -0.3 is 20.1 Å². The number of benzene rings is 2. The Morgan fingerprint density at radius 3 is 2.27 bits per heavy atom. The van der Waals surface area contributed by atoms with Crippen molar-refractivity contribution in [1.29, 1.82) is 0 Å². The van der Waals surface area contributed by atoms with E-state index in [1.54, 1.807) is 11.8 Å². The maximum absolute atomic E-state index is 14.3. The van der Waals surface area contributed by atoms with Crippen molar-refractivity contribution in [3.63, 3.8) is 0 Å². The monoisotopic (exact) mass is 663 g/mol. The number of aliphatic hydroxyl groups excluding tert-OH is 1. The Morgan fingerprint density at radius 1 is 1.00 bits per heavy atom. The number of piperazine rings is 1. The fourth-order valence-electron chi connectivity index (χ4n) is 5.88. The van der Waals surface area contributed by atoms with Crippen LogP contribution in [-0.2, 0) is 27.2 Å². The van der Waals surface area contributed by atoms with Gasteiger partial charge in [-0.25, -0.2) is 4.79 Å². The van der Waals surface area contributed by atoms with E-state index in [-0.39, 0.29) is 37.4 Å². The number of ether oxygens (including phenoxy) is 1. The molecule has 2 N–H and O–H groups in total. The first-order valence-corrected chi connectivity index (χ1v) is 15.9. The molecule has 2 heterocycles. The zero-order chi connectivity index (χ0) is 32.4. The van der Waals surface area contributed by atoms with Crippen molar-refractivity contribution >= 4 is 58.3 Å². The summed E-state index contributed by atoms with van der Waals surface area (Å²) in [6.07, 6.45) is 0.0742. The second-order valence-corrected chi connectivity index (χ2v) is 14.6. The molecule has 2 aromatic carbocycles. The average Bonchev–Trinajstić information content (AvgIpc) is 2.91. The molecule has 2 aromatic rings. The van der Waals surface area contributed by atoms with Crippen molar-refractivity contribution in [2.45, 2.75) is 87.5 Å². The molecule has 0 aromatic heterocycles. The van der Waals surface area contributed by atoms with Gasteiger partial charge in [0.05, 0.1) is 18.2 Å². The highest BCUT2D eigenvalue weighted by molar-refractivity contribution is 6.68. The molecular formula is C33H40Cl3N3O5. The Labute approximate surface area is 274 Å². The molecule has 2 bridgehead atoms. The molecule has 238 valence electrons. The quantitative estimate of drug-likeness (QED) is 0.353. The van der Waals surface area contributed by atoms with E-state index < -0.39 is 33.7 Å². The summed E-state index contributed by atoms with van der Waals surface area (Å²) in [5.74, 6) is -0.495. The van der Waals surface area contributed by atoms with Gasteiger partial charge in [-0.2, -0.15) is 0 Å². The van der Waals surface area contributed by atoms with Gasteiger partial charge in [0.25, 0.3) is 0 Å². The number of hydrogen-bond donors (Lipinski definition) is 2. The Balaban J connectivity index is 1.79. The van der Waals surface area contributed by atoms with Gasteiger partial charge in [-0.15, -0.1) is 0 Å². The Bertz CT molecular complexity index is 1410. The Morgan fingerprint density at radius 2 is 1.66 bits per heavy atom. The van der Waals surface area contributed by atoms with Crippen LogP contribution in [-0.4, -0.2) is 79.5 Å². The zero-order valence-electron chi connectivity index (χ0n) is 25.6. The third-order valence-electron chi connectivity index (χ3n) is 8.15. The van der Waals surface area contributed by atoms with Gasteiger partial charge >= 0.3 is 6.09 Å². The van der Waals surface area contributed by atoms with E-state index >= 15 is 0 Å². The molecule has 4 atom stereocenters. The molecule has 0 spiro atoms. The van der Waals surface area contributed by atoms with Crippen LogP contribution in [0.25, 0.3) is 5.57 Å². The van der Waals surface area contributed by atoms with E-state index in [4.69, 9.17) is 39.5 Å². The SMILES string of the molecule is CC(=O)N1CC2CC(c3cccc(CC(C)O)c3)=C(C(=O)NC(C)Cc3ccccc3)[C@@H](C1)N2C(=O)OC(C)(C)C(Cl)(Cl)Cl. The molecule has 44 heavy (non-hydrogen) atoms. The van der Waals surface area contributed by atoms with Crippen molar-refractivity contribution in [2.75, 3.05) is 13.1 Å². The minimum Gasteiger partial charge on any atom is -0.439 e. The van der Waals surface area contributed by atoms with Gasteiger partial charge in [-0.1, -0.05) is 89.4 Å². The van der Waals surface area contributed by atoms with Gasteiger partial charge in [-0.05, 0) is 69.2 Å². The highest BCUT2D eigenvalue weighted by Crippen LogP contribution is 2.43. The van der Waals surface area contributed by atoms with Crippen molar-refractivity contribution < 1.29 is 24.2 Å². The third kappa shape index (κ3) is 7.89. The van der Waals surface area contributed by atoms with E-state index in [0.717, 1.165) is 22.3 Å². The van der Waals surface area contributed by atoms with Crippen LogP contribution in [0.2, 0.25) is 0 Å². The molecule has 4 rings (SSSR count). The number of aliphatic hydroxyl groups is 1. The number of fused-ring (bicyclic) bond motifs is 2. The summed E-state index contributed by atoms with van der Waals surface area (Å²) in [4.78, 5) is 43.9. The van der Waals surface area contributed by atoms with Gasteiger partial charge in [0, 0.05) is 31.6 Å². The van der Waals surface area contributed by atoms with E-state index in [0.29, 0.717) is 18.4 Å². The van der Waals surface area contributed by atoms with Gasteiger partial charge in [0.15, 0.2) is 5.60 Å². The van der Waals surface area contributed by atoms with Crippen LogP contribution in [0.1, 0.15) is 57.7 Å². The second-order valence-electron chi connectivity index (χ2n) is 12.3. The normalized spacial score (nSPS) is 20.2. The van der Waals surface area contributed by atoms with Crippen LogP contribution in [0.5, 0.6) is 0 Å². The maximum Gasteiger partial charge on any atom is 0.411 e. The second kappa shape index (κ2) is 13.7. The van der Waals surface area contributed by atoms with Crippen LogP contribution < -0.4 is 5.32 Å². The lowest BCUT2D eigenvalue weighted by Gasteiger charge is -2.51. The van der Waals surface area contributed by atoms with Crippen LogP contribution in [0.15, 0.2) is 60.2 Å². The van der Waals surface area contributed by atoms with Crippen LogP contribution in [0.4, 0.5) is 4.79 Å². The lowest BCUT2D eigenvalue weighted by atomic mass is 9.81. The standard InChI is InChI=1S/C33H40Cl3N3O5/c1-20(14-23-10-7-6-8-11-23)37-30(42)29-27(25-13-9-12-24(16-25)15-21(2)40)17-26-18-38(22(3)41)19-28(29)39(26)31(43)44-32(4,5)33(34,35)36/h6-13,16,20-21,26,28,40H,14-15,17-19H2,1-5H3,(H,37,42)/t20?,21?,26?,28-/m1/s1. The molecular weight excluding hydrogens is 625 g/mol. The first-order chi connectivity index (χ1) is 20.6. The molecule has 1 saturated heterocycles. The Hall–Kier alpha value is -2.78. The van der Waals surface area contributed by atoms with Crippen molar-refractivity contribution in [1.82, 2.24) is 15.1 Å². The van der Waals surface area contributed by atoms with Crippen molar-refractivity contribution in [2.24, 2.45) is 0 Å². The lowest BCUT2D eigenvalue weighted by Crippen LogP contribution is -2.66. The number of nitrogens with zero attached hydrogens (tertiary/aromatic N) is 2. The summed E-state index contributed by atoms with van der Waals surface area (Å²) in [5.41, 5.74) is 2.50. The summed E-state index contributed by atoms with van der Waals surface area (Å²) in [6.45, 7) is 8.50. The molecule has 0 radical (unpaired) electrons. The van der Waals surface area contributed by atoms with Crippen LogP contribution in [0.3, 0.4) is 0 Å². The average molecular weight is 665 g/mol. The predicted octanol–water partition coefficient (Wildman–Crippen LogP) is 5.70. The van der Waals surface area contributed by atoms with E-state index in [1.807, 2.05) is 61.5 Å². The number of hydrogen-bond acceptors (Lipinski definition) is 5. The van der Waals surface area contributed by atoms with Crippen molar-refractivity contribution in [3.8, 4) is 0 Å². The van der Waals surface area contributed by atoms with Crippen LogP contribution in [0, 0.1) is 0 Å². The molecule has 11 heteroatoms. The minimum absolute atomic E-state index is 0.0990. The first-order valence-electron chi connectivity index (χ1n) is 14.8. The molecule has 2 aliphatic rings. The number of amides is 3. The highest BCUT2D eigenvalue weighted by Gasteiger charge is 2.51. The number of carbonyl (C=O) groups is 3. The highest BCUT2D eigenvalue weighted by atomic mass is 35.6. The third-order valence-corrected chi connectivity index (χ3v) is 9.51. The molecule has 3 unspecified atom stereocenters. The molecule has 1 fully saturated rings. The minimum atomic E-state index is -1.91. The summed E-state index contributed by atoms with van der Waals surface area (Å²) < 4.78 is 3.87. The predicted molar refractivity (Wildman–Crippen MR) is 174 cm³/mol. The smallest absolute Gasteiger partial charge is 0.411 e. The van der Waals surface area contributed by atoms with Gasteiger partial charge in [-0.3, -0.25) is 14.5 Å². The first kappa shape index (κ1) is 34.1. The summed E-state index contributed by atoms with van der Waals surface area (Å²) in [7, 11) is 0. The fraction of sp³-hybridized carbons (Fsp3) is 0.485. The molecule has 2 aliphatic heterocycles. The summed E-state index contributed by atoms with van der Waals surface area (Å²) >= 11 is 18.4. The van der Waals surface area contributed by atoms with Crippen molar-refractivity contribution in [3.05, 3.63) is 76.9 Å². The molecule has 8 nitrogen and oxygen atoms in total. The molecule has 3 amide bonds. The van der Waals surface area contributed by atoms with E-state index in [1.165, 1.54) is 25.7 Å². The molecule has 0 saturated carbocycles. The summed E-state index contributed by atoms with van der Waals surface area (Å²) in [5, 5.41) is 13.2. The maximum atomic E-state index is 14.3. The fourth-order valence-corrected chi connectivity index (χ4v) is 6.00. The number of nitrogens with one attached hydrogen (secondary N) is 1. The number of alkyl halides is 3. The van der Waals surface area contributed by atoms with Gasteiger partial charge in [0.2, 0.25) is 15.6 Å². The lowest BCUT2D eigenvalue weighted by molar-refractivity contribution is -0.134. The summed E-state index contributed by atoms with van der Waals surface area (Å²) in [6, 6.07) is 16.0. The largest absolute Gasteiger partial charge is 0.439 e. The molecule has 0 aliphatic carbocycles. The van der Waals surface area contributed by atoms with E-state index in [9.17, 15) is 19.5 Å². The number of rotatable bonds is 8. The zero-order valence-corrected chi connectivity index (χ0v) is 27.9. The number of carbonyl (C=O) groups excluding carboxylic acids is 3. The van der Waals surface area contributed by atoms with E-state index in [2.05, 4.69) is 5.32 Å². The van der Waals surface area contributed by atoms with Crippen LogP contribution >= 0.6 is 34.8 Å². The number of halogens is 3. The van der Waals surface area contributed by atoms with Gasteiger partial charge in [0.1, 0.15) is 0 Å². The topological polar surface area (TPSA) is 99.2 Å². The Kier molecular flexibility index (Phi) is 10.6.